The fraction of sp³-hybridized carbons (Fsp3) is 0.571. The van der Waals surface area contributed by atoms with E-state index in [1.807, 2.05) is 27.7 Å². The van der Waals surface area contributed by atoms with E-state index in [1.165, 1.54) is 12.3 Å². The highest BCUT2D eigenvalue weighted by Gasteiger charge is 2.18. The van der Waals surface area contributed by atoms with Crippen LogP contribution in [-0.4, -0.2) is 24.0 Å². The molecule has 0 aliphatic rings. The highest BCUT2D eigenvalue weighted by Crippen LogP contribution is 2.16. The maximum absolute atomic E-state index is 14.1. The van der Waals surface area contributed by atoms with Crippen molar-refractivity contribution in [3.05, 3.63) is 23.6 Å². The van der Waals surface area contributed by atoms with Crippen LogP contribution >= 0.6 is 0 Å². The van der Waals surface area contributed by atoms with Crippen LogP contribution in [0, 0.1) is 11.2 Å². The number of hydrogen-bond acceptors (Lipinski definition) is 3. The number of hydrogen-bond donors (Lipinski definition) is 2. The Morgan fingerprint density at radius 1 is 1.42 bits per heavy atom. The van der Waals surface area contributed by atoms with E-state index in [1.54, 1.807) is 0 Å². The molecule has 1 aromatic rings. The van der Waals surface area contributed by atoms with Gasteiger partial charge in [-0.25, -0.2) is 9.37 Å². The first-order valence-electron chi connectivity index (χ1n) is 6.51. The third kappa shape index (κ3) is 4.85. The van der Waals surface area contributed by atoms with E-state index in [-0.39, 0.29) is 16.8 Å². The second-order valence-electron chi connectivity index (χ2n) is 5.69. The molecule has 1 aromatic heterocycles. The Hall–Kier alpha value is -1.65. The van der Waals surface area contributed by atoms with Crippen LogP contribution in [0.3, 0.4) is 0 Å². The van der Waals surface area contributed by atoms with Crippen molar-refractivity contribution in [1.29, 1.82) is 0 Å². The molecule has 1 heterocycles. The highest BCUT2D eigenvalue weighted by molar-refractivity contribution is 5.95. The summed E-state index contributed by atoms with van der Waals surface area (Å²) in [6, 6.07) is 1.39. The van der Waals surface area contributed by atoms with Crippen molar-refractivity contribution in [1.82, 2.24) is 10.3 Å². The fourth-order valence-corrected chi connectivity index (χ4v) is 1.43. The molecule has 4 nitrogen and oxygen atoms in total. The SMILES string of the molecule is CCCNc1nccc(C(=O)NCC(C)(C)C)c1F. The van der Waals surface area contributed by atoms with Gasteiger partial charge in [-0.15, -0.1) is 0 Å². The molecule has 19 heavy (non-hydrogen) atoms. The zero-order valence-electron chi connectivity index (χ0n) is 12.0. The average Bonchev–Trinajstić information content (AvgIpc) is 2.34. The van der Waals surface area contributed by atoms with E-state index in [2.05, 4.69) is 15.6 Å². The predicted octanol–water partition coefficient (Wildman–Crippen LogP) is 2.82. The molecule has 0 atom stereocenters. The largest absolute Gasteiger partial charge is 0.368 e. The number of rotatable bonds is 5. The standard InChI is InChI=1S/C14H22FN3O/c1-5-7-16-12-11(15)10(6-8-17-12)13(19)18-9-14(2,3)4/h6,8H,5,7,9H2,1-4H3,(H,16,17)(H,18,19). The minimum Gasteiger partial charge on any atom is -0.368 e. The average molecular weight is 267 g/mol. The first-order chi connectivity index (χ1) is 8.85. The van der Waals surface area contributed by atoms with Gasteiger partial charge in [-0.3, -0.25) is 4.79 Å². The van der Waals surface area contributed by atoms with E-state index >= 15 is 0 Å². The topological polar surface area (TPSA) is 54.0 Å². The lowest BCUT2D eigenvalue weighted by Gasteiger charge is -2.19. The Bertz CT molecular complexity index is 441. The van der Waals surface area contributed by atoms with E-state index in [0.29, 0.717) is 13.1 Å². The van der Waals surface area contributed by atoms with E-state index in [9.17, 15) is 9.18 Å². The van der Waals surface area contributed by atoms with Gasteiger partial charge >= 0.3 is 0 Å². The van der Waals surface area contributed by atoms with Crippen molar-refractivity contribution >= 4 is 11.7 Å². The summed E-state index contributed by atoms with van der Waals surface area (Å²) in [4.78, 5) is 15.8. The van der Waals surface area contributed by atoms with Gasteiger partial charge in [0.05, 0.1) is 5.56 Å². The Morgan fingerprint density at radius 3 is 2.68 bits per heavy atom. The number of halogens is 1. The lowest BCUT2D eigenvalue weighted by Crippen LogP contribution is -2.32. The number of amides is 1. The van der Waals surface area contributed by atoms with Gasteiger partial charge in [-0.2, -0.15) is 0 Å². The first kappa shape index (κ1) is 15.4. The third-order valence-electron chi connectivity index (χ3n) is 2.46. The second kappa shape index (κ2) is 6.50. The summed E-state index contributed by atoms with van der Waals surface area (Å²) in [7, 11) is 0. The van der Waals surface area contributed by atoms with Crippen LogP contribution in [0.2, 0.25) is 0 Å². The molecule has 0 saturated heterocycles. The Labute approximate surface area is 113 Å². The Morgan fingerprint density at radius 2 is 2.11 bits per heavy atom. The molecule has 2 N–H and O–H groups in total. The lowest BCUT2D eigenvalue weighted by atomic mass is 9.97. The molecule has 106 valence electrons. The van der Waals surface area contributed by atoms with Crippen LogP contribution in [0.1, 0.15) is 44.5 Å². The molecule has 5 heteroatoms. The predicted molar refractivity (Wildman–Crippen MR) is 74.8 cm³/mol. The molecule has 0 saturated carbocycles. The van der Waals surface area contributed by atoms with Crippen molar-refractivity contribution in [3.63, 3.8) is 0 Å². The molecule has 0 fully saturated rings. The van der Waals surface area contributed by atoms with Crippen LogP contribution in [0.25, 0.3) is 0 Å². The molecule has 0 unspecified atom stereocenters. The molecule has 0 aromatic carbocycles. The maximum atomic E-state index is 14.1. The summed E-state index contributed by atoms with van der Waals surface area (Å²) in [6.07, 6.45) is 2.30. The third-order valence-corrected chi connectivity index (χ3v) is 2.46. The summed E-state index contributed by atoms with van der Waals surface area (Å²) in [5.41, 5.74) is -0.0134. The second-order valence-corrected chi connectivity index (χ2v) is 5.69. The number of aromatic nitrogens is 1. The maximum Gasteiger partial charge on any atom is 0.254 e. The van der Waals surface area contributed by atoms with Crippen LogP contribution in [0.15, 0.2) is 12.3 Å². The quantitative estimate of drug-likeness (QED) is 0.862. The molecule has 0 radical (unpaired) electrons. The number of carbonyl (C=O) groups excluding carboxylic acids is 1. The van der Waals surface area contributed by atoms with Crippen molar-refractivity contribution in [2.75, 3.05) is 18.4 Å². The van der Waals surface area contributed by atoms with Crippen molar-refractivity contribution in [3.8, 4) is 0 Å². The summed E-state index contributed by atoms with van der Waals surface area (Å²) in [6.45, 7) is 9.10. The van der Waals surface area contributed by atoms with Gasteiger partial charge in [0.15, 0.2) is 11.6 Å². The highest BCUT2D eigenvalue weighted by atomic mass is 19.1. The van der Waals surface area contributed by atoms with Crippen molar-refractivity contribution in [2.24, 2.45) is 5.41 Å². The molecule has 0 spiro atoms. The van der Waals surface area contributed by atoms with E-state index in [4.69, 9.17) is 0 Å². The minimum atomic E-state index is -0.595. The smallest absolute Gasteiger partial charge is 0.254 e. The molecule has 0 bridgehead atoms. The monoisotopic (exact) mass is 267 g/mol. The normalized spacial score (nSPS) is 11.2. The van der Waals surface area contributed by atoms with Gasteiger partial charge in [0.1, 0.15) is 0 Å². The fourth-order valence-electron chi connectivity index (χ4n) is 1.43. The minimum absolute atomic E-state index is 0.0258. The van der Waals surface area contributed by atoms with Gasteiger partial charge < -0.3 is 10.6 Å². The number of nitrogens with zero attached hydrogens (tertiary/aromatic N) is 1. The zero-order valence-corrected chi connectivity index (χ0v) is 12.0. The lowest BCUT2D eigenvalue weighted by molar-refractivity contribution is 0.0935. The number of pyridine rings is 1. The van der Waals surface area contributed by atoms with E-state index < -0.39 is 11.7 Å². The van der Waals surface area contributed by atoms with Crippen LogP contribution in [0.5, 0.6) is 0 Å². The van der Waals surface area contributed by atoms with Gasteiger partial charge in [0.2, 0.25) is 0 Å². The van der Waals surface area contributed by atoms with Crippen LogP contribution in [-0.2, 0) is 0 Å². The Kier molecular flexibility index (Phi) is 5.27. The van der Waals surface area contributed by atoms with Crippen LogP contribution < -0.4 is 10.6 Å². The number of nitrogens with one attached hydrogen (secondary N) is 2. The van der Waals surface area contributed by atoms with Gasteiger partial charge in [0, 0.05) is 19.3 Å². The molecule has 1 rings (SSSR count). The number of carbonyl (C=O) groups is 1. The molecule has 1 amide bonds. The van der Waals surface area contributed by atoms with Gasteiger partial charge in [-0.1, -0.05) is 27.7 Å². The van der Waals surface area contributed by atoms with Crippen molar-refractivity contribution in [2.45, 2.75) is 34.1 Å². The van der Waals surface area contributed by atoms with Gasteiger partial charge in [-0.05, 0) is 17.9 Å². The molecule has 0 aliphatic heterocycles. The molecular formula is C14H22FN3O. The van der Waals surface area contributed by atoms with E-state index in [0.717, 1.165) is 6.42 Å². The zero-order chi connectivity index (χ0) is 14.5. The van der Waals surface area contributed by atoms with Crippen molar-refractivity contribution < 1.29 is 9.18 Å². The summed E-state index contributed by atoms with van der Waals surface area (Å²) in [5, 5.41) is 5.59. The molecule has 0 aliphatic carbocycles. The van der Waals surface area contributed by atoms with Gasteiger partial charge in [0.25, 0.3) is 5.91 Å². The Balaban J connectivity index is 2.80. The summed E-state index contributed by atoms with van der Waals surface area (Å²) >= 11 is 0. The first-order valence-corrected chi connectivity index (χ1v) is 6.51. The number of anilines is 1. The summed E-state index contributed by atoms with van der Waals surface area (Å²) in [5.74, 6) is -0.873. The van der Waals surface area contributed by atoms with Crippen LogP contribution in [0.4, 0.5) is 10.2 Å². The molecular weight excluding hydrogens is 245 g/mol. The summed E-state index contributed by atoms with van der Waals surface area (Å²) < 4.78 is 14.1.